The summed E-state index contributed by atoms with van der Waals surface area (Å²) in [6.07, 6.45) is -4.79. The fourth-order valence-electron chi connectivity index (χ4n) is 0.140. The van der Waals surface area contributed by atoms with Gasteiger partial charge in [-0.05, 0) is 6.92 Å². The van der Waals surface area contributed by atoms with Gasteiger partial charge in [0.15, 0.2) is 0 Å². The summed E-state index contributed by atoms with van der Waals surface area (Å²) in [5, 5.41) is 8.54. The monoisotopic (exact) mass is 173 g/mol. The first kappa shape index (κ1) is 9.64. The Morgan fingerprint density at radius 1 is 1.50 bits per heavy atom. The van der Waals surface area contributed by atoms with Crippen molar-refractivity contribution in [1.82, 2.24) is 0 Å². The van der Waals surface area contributed by atoms with E-state index in [4.69, 9.17) is 5.11 Å². The van der Waals surface area contributed by atoms with Crippen LogP contribution in [-0.4, -0.2) is 21.9 Å². The van der Waals surface area contributed by atoms with Crippen LogP contribution in [0.2, 0.25) is 0 Å². The number of thiocarbonyl (C=S) groups is 1. The Labute approximate surface area is 60.8 Å². The van der Waals surface area contributed by atoms with E-state index in [9.17, 15) is 13.2 Å². The third-order valence-electron chi connectivity index (χ3n) is 1.03. The molecular weight excluding hydrogens is 167 g/mol. The normalized spacial score (nSPS) is 18.1. The standard InChI is InChI=1S/C4H6F3NOS/c1-3(9,2(8)10)4(5,6)7/h9H,1H3,(H2,8,10)/t3-/m1/s1. The highest BCUT2D eigenvalue weighted by molar-refractivity contribution is 7.80. The highest BCUT2D eigenvalue weighted by atomic mass is 32.1. The van der Waals surface area contributed by atoms with Gasteiger partial charge in [0.1, 0.15) is 4.99 Å². The SMILES string of the molecule is C[C@@](O)(C(N)=S)C(F)(F)F. The Balaban J connectivity index is 4.57. The third kappa shape index (κ3) is 1.57. The van der Waals surface area contributed by atoms with Crippen LogP contribution >= 0.6 is 12.2 Å². The molecule has 10 heavy (non-hydrogen) atoms. The zero-order valence-electron chi connectivity index (χ0n) is 5.07. The number of aliphatic hydroxyl groups is 1. The Bertz CT molecular complexity index is 153. The number of alkyl halides is 3. The van der Waals surface area contributed by atoms with Crippen molar-refractivity contribution in [3.63, 3.8) is 0 Å². The second-order valence-corrected chi connectivity index (χ2v) is 2.37. The topological polar surface area (TPSA) is 46.2 Å². The molecule has 0 aliphatic carbocycles. The van der Waals surface area contributed by atoms with E-state index in [1.807, 2.05) is 0 Å². The molecule has 0 radical (unpaired) electrons. The second-order valence-electron chi connectivity index (χ2n) is 1.93. The average Bonchev–Trinajstić information content (AvgIpc) is 1.62. The lowest BCUT2D eigenvalue weighted by molar-refractivity contribution is -0.223. The summed E-state index contributed by atoms with van der Waals surface area (Å²) in [5.41, 5.74) is 1.56. The van der Waals surface area contributed by atoms with Gasteiger partial charge < -0.3 is 10.8 Å². The van der Waals surface area contributed by atoms with Crippen molar-refractivity contribution in [2.75, 3.05) is 0 Å². The number of halogens is 3. The van der Waals surface area contributed by atoms with Crippen LogP contribution in [-0.2, 0) is 0 Å². The van der Waals surface area contributed by atoms with Crippen molar-refractivity contribution >= 4 is 17.2 Å². The van der Waals surface area contributed by atoms with Crippen molar-refractivity contribution in [1.29, 1.82) is 0 Å². The van der Waals surface area contributed by atoms with Crippen molar-refractivity contribution in [2.24, 2.45) is 5.73 Å². The van der Waals surface area contributed by atoms with Crippen LogP contribution in [0.3, 0.4) is 0 Å². The molecule has 0 unspecified atom stereocenters. The first-order valence-corrected chi connectivity index (χ1v) is 2.69. The first-order valence-electron chi connectivity index (χ1n) is 2.28. The van der Waals surface area contributed by atoms with Gasteiger partial charge in [0.2, 0.25) is 5.60 Å². The molecule has 0 aliphatic heterocycles. The van der Waals surface area contributed by atoms with E-state index in [1.54, 1.807) is 0 Å². The predicted molar refractivity (Wildman–Crippen MR) is 33.5 cm³/mol. The summed E-state index contributed by atoms with van der Waals surface area (Å²) < 4.78 is 35.0. The maximum atomic E-state index is 11.7. The molecule has 0 aliphatic rings. The van der Waals surface area contributed by atoms with E-state index < -0.39 is 16.8 Å². The summed E-state index contributed by atoms with van der Waals surface area (Å²) in [6, 6.07) is 0. The van der Waals surface area contributed by atoms with E-state index >= 15 is 0 Å². The molecule has 1 atom stereocenters. The predicted octanol–water partition coefficient (Wildman–Crippen LogP) is 0.586. The first-order chi connectivity index (χ1) is 4.19. The van der Waals surface area contributed by atoms with Crippen molar-refractivity contribution in [2.45, 2.75) is 18.7 Å². The number of nitrogens with two attached hydrogens (primary N) is 1. The molecule has 0 bridgehead atoms. The molecule has 0 spiro atoms. The molecule has 0 aromatic rings. The van der Waals surface area contributed by atoms with Gasteiger partial charge in [0.25, 0.3) is 0 Å². The molecule has 0 fully saturated rings. The lowest BCUT2D eigenvalue weighted by atomic mass is 10.1. The molecule has 0 saturated heterocycles. The summed E-state index contributed by atoms with van der Waals surface area (Å²) >= 11 is 3.99. The van der Waals surface area contributed by atoms with Crippen LogP contribution in [0, 0.1) is 0 Å². The van der Waals surface area contributed by atoms with Crippen molar-refractivity contribution < 1.29 is 18.3 Å². The summed E-state index contributed by atoms with van der Waals surface area (Å²) in [7, 11) is 0. The van der Waals surface area contributed by atoms with Gasteiger partial charge >= 0.3 is 6.18 Å². The van der Waals surface area contributed by atoms with Crippen LogP contribution in [0.25, 0.3) is 0 Å². The van der Waals surface area contributed by atoms with Gasteiger partial charge in [0.05, 0.1) is 0 Å². The number of hydrogen-bond acceptors (Lipinski definition) is 2. The Morgan fingerprint density at radius 3 is 1.80 bits per heavy atom. The van der Waals surface area contributed by atoms with Crippen LogP contribution in [0.5, 0.6) is 0 Å². The fourth-order valence-corrected chi connectivity index (χ4v) is 0.255. The van der Waals surface area contributed by atoms with E-state index in [-0.39, 0.29) is 0 Å². The summed E-state index contributed by atoms with van der Waals surface area (Å²) in [6.45, 7) is 0.509. The van der Waals surface area contributed by atoms with Crippen molar-refractivity contribution in [3.05, 3.63) is 0 Å². The third-order valence-corrected chi connectivity index (χ3v) is 1.43. The molecule has 60 valence electrons. The summed E-state index contributed by atoms with van der Waals surface area (Å²) in [5.74, 6) is 0. The molecule has 0 aromatic heterocycles. The van der Waals surface area contributed by atoms with Gasteiger partial charge in [-0.3, -0.25) is 0 Å². The van der Waals surface area contributed by atoms with Gasteiger partial charge in [0, 0.05) is 0 Å². The minimum atomic E-state index is -4.79. The number of hydrogen-bond donors (Lipinski definition) is 2. The molecule has 0 heterocycles. The smallest absolute Gasteiger partial charge is 0.391 e. The summed E-state index contributed by atoms with van der Waals surface area (Å²) in [4.78, 5) is -0.972. The highest BCUT2D eigenvalue weighted by Gasteiger charge is 2.52. The van der Waals surface area contributed by atoms with Crippen LogP contribution in [0.15, 0.2) is 0 Å². The molecule has 0 saturated carbocycles. The lowest BCUT2D eigenvalue weighted by Crippen LogP contribution is -2.51. The van der Waals surface area contributed by atoms with Gasteiger partial charge in [-0.1, -0.05) is 12.2 Å². The van der Waals surface area contributed by atoms with Crippen LogP contribution < -0.4 is 5.73 Å². The Kier molecular flexibility index (Phi) is 2.27. The van der Waals surface area contributed by atoms with Gasteiger partial charge in [-0.15, -0.1) is 0 Å². The number of rotatable bonds is 1. The molecular formula is C4H6F3NOS. The molecule has 3 N–H and O–H groups in total. The van der Waals surface area contributed by atoms with Gasteiger partial charge in [-0.25, -0.2) is 0 Å². The fraction of sp³-hybridized carbons (Fsp3) is 0.750. The molecule has 6 heteroatoms. The zero-order chi connectivity index (χ0) is 8.58. The zero-order valence-corrected chi connectivity index (χ0v) is 5.88. The quantitative estimate of drug-likeness (QED) is 0.570. The van der Waals surface area contributed by atoms with E-state index in [0.717, 1.165) is 0 Å². The minimum Gasteiger partial charge on any atom is -0.391 e. The van der Waals surface area contributed by atoms with Crippen LogP contribution in [0.4, 0.5) is 13.2 Å². The Morgan fingerprint density at radius 2 is 1.80 bits per heavy atom. The molecule has 0 aromatic carbocycles. The van der Waals surface area contributed by atoms with E-state index in [2.05, 4.69) is 18.0 Å². The highest BCUT2D eigenvalue weighted by Crippen LogP contribution is 2.29. The van der Waals surface area contributed by atoms with Gasteiger partial charge in [-0.2, -0.15) is 13.2 Å². The molecule has 2 nitrogen and oxygen atoms in total. The molecule has 0 rings (SSSR count). The van der Waals surface area contributed by atoms with E-state index in [0.29, 0.717) is 6.92 Å². The maximum absolute atomic E-state index is 11.7. The second kappa shape index (κ2) is 2.35. The van der Waals surface area contributed by atoms with E-state index in [1.165, 1.54) is 0 Å². The average molecular weight is 173 g/mol. The Hall–Kier alpha value is -0.360. The largest absolute Gasteiger partial charge is 0.423 e. The minimum absolute atomic E-state index is 0.509. The lowest BCUT2D eigenvalue weighted by Gasteiger charge is -2.24. The van der Waals surface area contributed by atoms with Crippen LogP contribution in [0.1, 0.15) is 6.92 Å². The van der Waals surface area contributed by atoms with Crippen molar-refractivity contribution in [3.8, 4) is 0 Å². The molecule has 0 amide bonds. The maximum Gasteiger partial charge on any atom is 0.423 e.